The van der Waals surface area contributed by atoms with Crippen LogP contribution in [0.3, 0.4) is 0 Å². The summed E-state index contributed by atoms with van der Waals surface area (Å²) in [5, 5.41) is 6.30. The van der Waals surface area contributed by atoms with Crippen LogP contribution in [0.25, 0.3) is 0 Å². The standard InChI is InChI=1S/C13H17N3O/c17-13-15-7-8-16(13)9-11-4-1-3-10-5-2-6-14-12(10)11/h1,3-4,14H,2,5-9H2,(H,15,17). The number of hydrogen-bond donors (Lipinski definition) is 2. The van der Waals surface area contributed by atoms with Gasteiger partial charge in [0, 0.05) is 31.9 Å². The molecule has 4 nitrogen and oxygen atoms in total. The molecule has 2 amide bonds. The Hall–Kier alpha value is -1.71. The summed E-state index contributed by atoms with van der Waals surface area (Å²) in [6.45, 7) is 3.32. The van der Waals surface area contributed by atoms with Crippen molar-refractivity contribution in [3.8, 4) is 0 Å². The van der Waals surface area contributed by atoms with Crippen LogP contribution < -0.4 is 10.6 Å². The van der Waals surface area contributed by atoms with Gasteiger partial charge in [0.15, 0.2) is 0 Å². The minimum Gasteiger partial charge on any atom is -0.385 e. The molecule has 0 atom stereocenters. The molecule has 0 unspecified atom stereocenters. The molecule has 3 rings (SSSR count). The van der Waals surface area contributed by atoms with E-state index in [-0.39, 0.29) is 6.03 Å². The van der Waals surface area contributed by atoms with Crippen molar-refractivity contribution < 1.29 is 4.79 Å². The molecule has 90 valence electrons. The highest BCUT2D eigenvalue weighted by atomic mass is 16.2. The number of aryl methyl sites for hydroxylation is 1. The fraction of sp³-hybridized carbons (Fsp3) is 0.462. The maximum atomic E-state index is 11.5. The molecule has 0 spiro atoms. The Bertz CT molecular complexity index is 444. The van der Waals surface area contributed by atoms with Crippen LogP contribution in [-0.4, -0.2) is 30.6 Å². The van der Waals surface area contributed by atoms with E-state index in [4.69, 9.17) is 0 Å². The molecule has 2 aliphatic rings. The smallest absolute Gasteiger partial charge is 0.317 e. The Morgan fingerprint density at radius 1 is 1.24 bits per heavy atom. The van der Waals surface area contributed by atoms with Gasteiger partial charge in [0.25, 0.3) is 0 Å². The third kappa shape index (κ3) is 1.95. The number of anilines is 1. The number of nitrogens with one attached hydrogen (secondary N) is 2. The van der Waals surface area contributed by atoms with Gasteiger partial charge >= 0.3 is 6.03 Å². The average Bonchev–Trinajstić information content (AvgIpc) is 2.76. The molecule has 2 heterocycles. The van der Waals surface area contributed by atoms with Gasteiger partial charge < -0.3 is 15.5 Å². The van der Waals surface area contributed by atoms with Crippen LogP contribution in [0.15, 0.2) is 18.2 Å². The lowest BCUT2D eigenvalue weighted by Gasteiger charge is -2.23. The summed E-state index contributed by atoms with van der Waals surface area (Å²) in [7, 11) is 0. The molecule has 0 aromatic heterocycles. The average molecular weight is 231 g/mol. The number of hydrogen-bond acceptors (Lipinski definition) is 2. The molecule has 1 aromatic rings. The fourth-order valence-electron chi connectivity index (χ4n) is 2.58. The monoisotopic (exact) mass is 231 g/mol. The third-order valence-corrected chi connectivity index (χ3v) is 3.47. The van der Waals surface area contributed by atoms with Gasteiger partial charge in [-0.2, -0.15) is 0 Å². The van der Waals surface area contributed by atoms with Gasteiger partial charge in [0.05, 0.1) is 0 Å². The number of amides is 2. The van der Waals surface area contributed by atoms with E-state index < -0.39 is 0 Å². The van der Waals surface area contributed by atoms with Gasteiger partial charge in [-0.05, 0) is 24.0 Å². The highest BCUT2D eigenvalue weighted by Gasteiger charge is 2.21. The van der Waals surface area contributed by atoms with Crippen LogP contribution in [0.2, 0.25) is 0 Å². The van der Waals surface area contributed by atoms with Crippen LogP contribution in [0, 0.1) is 0 Å². The highest BCUT2D eigenvalue weighted by Crippen LogP contribution is 2.27. The Balaban J connectivity index is 1.85. The minimum atomic E-state index is 0.0541. The minimum absolute atomic E-state index is 0.0541. The first-order valence-corrected chi connectivity index (χ1v) is 6.22. The van der Waals surface area contributed by atoms with E-state index in [2.05, 4.69) is 28.8 Å². The van der Waals surface area contributed by atoms with Gasteiger partial charge in [0.2, 0.25) is 0 Å². The maximum Gasteiger partial charge on any atom is 0.317 e. The Morgan fingerprint density at radius 3 is 3.00 bits per heavy atom. The number of carbonyl (C=O) groups excluding carboxylic acids is 1. The summed E-state index contributed by atoms with van der Waals surface area (Å²) in [5.41, 5.74) is 3.87. The summed E-state index contributed by atoms with van der Waals surface area (Å²) in [6, 6.07) is 6.44. The topological polar surface area (TPSA) is 44.4 Å². The molecule has 2 aliphatic heterocycles. The van der Waals surface area contributed by atoms with Gasteiger partial charge in [0.1, 0.15) is 0 Å². The number of carbonyl (C=O) groups is 1. The first-order chi connectivity index (χ1) is 8.34. The quantitative estimate of drug-likeness (QED) is 0.811. The van der Waals surface area contributed by atoms with Gasteiger partial charge in [-0.25, -0.2) is 4.79 Å². The Labute approximate surface area is 101 Å². The lowest BCUT2D eigenvalue weighted by atomic mass is 9.99. The second kappa shape index (κ2) is 4.28. The van der Waals surface area contributed by atoms with E-state index >= 15 is 0 Å². The van der Waals surface area contributed by atoms with Crippen LogP contribution in [0.4, 0.5) is 10.5 Å². The van der Waals surface area contributed by atoms with Crippen molar-refractivity contribution in [3.05, 3.63) is 29.3 Å². The summed E-state index contributed by atoms with van der Waals surface area (Å²) >= 11 is 0. The summed E-state index contributed by atoms with van der Waals surface area (Å²) < 4.78 is 0. The molecule has 0 aliphatic carbocycles. The second-order valence-electron chi connectivity index (χ2n) is 4.64. The van der Waals surface area contributed by atoms with E-state index in [1.807, 2.05) is 4.90 Å². The number of rotatable bonds is 2. The molecule has 1 saturated heterocycles. The van der Waals surface area contributed by atoms with Crippen molar-refractivity contribution >= 4 is 11.7 Å². The van der Waals surface area contributed by atoms with E-state index in [0.717, 1.165) is 26.1 Å². The molecule has 0 radical (unpaired) electrons. The zero-order valence-corrected chi connectivity index (χ0v) is 9.83. The number of fused-ring (bicyclic) bond motifs is 1. The van der Waals surface area contributed by atoms with Crippen LogP contribution in [0.1, 0.15) is 17.5 Å². The molecule has 1 aromatic carbocycles. The fourth-order valence-corrected chi connectivity index (χ4v) is 2.58. The first-order valence-electron chi connectivity index (χ1n) is 6.22. The predicted octanol–water partition coefficient (Wildman–Crippen LogP) is 1.57. The van der Waals surface area contributed by atoms with Gasteiger partial charge in [-0.3, -0.25) is 0 Å². The van der Waals surface area contributed by atoms with Crippen LogP contribution >= 0.6 is 0 Å². The van der Waals surface area contributed by atoms with Crippen molar-refractivity contribution in [2.24, 2.45) is 0 Å². The predicted molar refractivity (Wildman–Crippen MR) is 67.1 cm³/mol. The summed E-state index contributed by atoms with van der Waals surface area (Å²) in [4.78, 5) is 13.4. The molecule has 1 fully saturated rings. The van der Waals surface area contributed by atoms with Crippen LogP contribution in [0.5, 0.6) is 0 Å². The normalized spacial score (nSPS) is 18.6. The zero-order chi connectivity index (χ0) is 11.7. The van der Waals surface area contributed by atoms with Crippen molar-refractivity contribution in [2.45, 2.75) is 19.4 Å². The van der Waals surface area contributed by atoms with Crippen molar-refractivity contribution in [2.75, 3.05) is 25.0 Å². The van der Waals surface area contributed by atoms with Crippen molar-refractivity contribution in [3.63, 3.8) is 0 Å². The van der Waals surface area contributed by atoms with Crippen molar-refractivity contribution in [1.82, 2.24) is 10.2 Å². The zero-order valence-electron chi connectivity index (χ0n) is 9.83. The van der Waals surface area contributed by atoms with Gasteiger partial charge in [-0.1, -0.05) is 18.2 Å². The Kier molecular flexibility index (Phi) is 2.63. The lowest BCUT2D eigenvalue weighted by molar-refractivity contribution is 0.215. The van der Waals surface area contributed by atoms with E-state index in [1.54, 1.807) is 0 Å². The first kappa shape index (κ1) is 10.4. The van der Waals surface area contributed by atoms with Crippen molar-refractivity contribution in [1.29, 1.82) is 0 Å². The summed E-state index contributed by atoms with van der Waals surface area (Å²) in [6.07, 6.45) is 2.34. The molecule has 0 bridgehead atoms. The third-order valence-electron chi connectivity index (χ3n) is 3.47. The largest absolute Gasteiger partial charge is 0.385 e. The molecule has 2 N–H and O–H groups in total. The number of nitrogens with zero attached hydrogens (tertiary/aromatic N) is 1. The number of para-hydroxylation sites is 1. The van der Waals surface area contributed by atoms with Gasteiger partial charge in [-0.15, -0.1) is 0 Å². The molecule has 17 heavy (non-hydrogen) atoms. The SMILES string of the molecule is O=C1NCCN1Cc1cccc2c1NCCC2. The molecule has 0 saturated carbocycles. The van der Waals surface area contributed by atoms with E-state index in [9.17, 15) is 4.79 Å². The highest BCUT2D eigenvalue weighted by molar-refractivity contribution is 5.76. The van der Waals surface area contributed by atoms with E-state index in [1.165, 1.54) is 23.2 Å². The number of urea groups is 1. The number of benzene rings is 1. The lowest BCUT2D eigenvalue weighted by Crippen LogP contribution is -2.28. The summed E-state index contributed by atoms with van der Waals surface area (Å²) in [5.74, 6) is 0. The molecule has 4 heteroatoms. The Morgan fingerprint density at radius 2 is 2.18 bits per heavy atom. The molecular weight excluding hydrogens is 214 g/mol. The maximum absolute atomic E-state index is 11.5. The molecular formula is C13H17N3O. The van der Waals surface area contributed by atoms with E-state index in [0.29, 0.717) is 6.54 Å². The van der Waals surface area contributed by atoms with Crippen LogP contribution in [-0.2, 0) is 13.0 Å². The second-order valence-corrected chi connectivity index (χ2v) is 4.64.